The van der Waals surface area contributed by atoms with E-state index in [4.69, 9.17) is 10.1 Å². The van der Waals surface area contributed by atoms with Crippen molar-refractivity contribution in [1.29, 1.82) is 0 Å². The van der Waals surface area contributed by atoms with Crippen LogP contribution in [0.4, 0.5) is 4.39 Å². The molecule has 6 heteroatoms. The average Bonchev–Trinajstić information content (AvgIpc) is 2.77. The Balaban J connectivity index is 2.08. The van der Waals surface area contributed by atoms with Crippen molar-refractivity contribution >= 4 is 12.0 Å². The van der Waals surface area contributed by atoms with Gasteiger partial charge < -0.3 is 15.3 Å². The molecule has 33 heavy (non-hydrogen) atoms. The monoisotopic (exact) mass is 449 g/mol. The van der Waals surface area contributed by atoms with Gasteiger partial charge in [-0.15, -0.1) is 0 Å². The van der Waals surface area contributed by atoms with Gasteiger partial charge in [-0.2, -0.15) is 0 Å². The molecule has 3 N–H and O–H groups in total. The number of pyridine rings is 1. The van der Waals surface area contributed by atoms with Crippen LogP contribution < -0.4 is 0 Å². The number of carboxylic acids is 1. The number of nitrogens with zero attached hydrogens (tertiary/aromatic N) is 1. The molecule has 0 amide bonds. The van der Waals surface area contributed by atoms with Crippen LogP contribution >= 0.6 is 0 Å². The van der Waals surface area contributed by atoms with E-state index in [9.17, 15) is 19.4 Å². The molecule has 2 atom stereocenters. The van der Waals surface area contributed by atoms with Crippen molar-refractivity contribution < 1.29 is 24.5 Å². The van der Waals surface area contributed by atoms with Gasteiger partial charge in [0.1, 0.15) is 5.82 Å². The molecular weight excluding hydrogens is 421 g/mol. The van der Waals surface area contributed by atoms with E-state index in [1.54, 1.807) is 18.2 Å². The van der Waals surface area contributed by atoms with Crippen LogP contribution in [-0.4, -0.2) is 38.5 Å². The molecule has 172 valence electrons. The third-order valence-corrected chi connectivity index (χ3v) is 5.27. The topological polar surface area (TPSA) is 90.7 Å². The molecule has 1 heterocycles. The Morgan fingerprint density at radius 1 is 1.03 bits per heavy atom. The van der Waals surface area contributed by atoms with E-state index in [1.165, 1.54) is 18.2 Å². The maximum Gasteiger partial charge on any atom is 0.305 e. The van der Waals surface area contributed by atoms with Crippen LogP contribution in [0, 0.1) is 5.82 Å². The first-order valence-electron chi connectivity index (χ1n) is 10.9. The molecule has 0 aliphatic carbocycles. The van der Waals surface area contributed by atoms with Crippen LogP contribution in [0.1, 0.15) is 43.9 Å². The molecule has 3 rings (SSSR count). The number of hydrogen-bond donors (Lipinski definition) is 3. The van der Waals surface area contributed by atoms with Crippen molar-refractivity contribution in [3.8, 4) is 22.4 Å². The number of carbonyl (C=O) groups is 1. The first-order chi connectivity index (χ1) is 15.7. The molecule has 2 aromatic carbocycles. The van der Waals surface area contributed by atoms with Gasteiger partial charge >= 0.3 is 5.97 Å². The Labute approximate surface area is 192 Å². The van der Waals surface area contributed by atoms with Crippen molar-refractivity contribution in [3.63, 3.8) is 0 Å². The van der Waals surface area contributed by atoms with Crippen LogP contribution in [0.5, 0.6) is 0 Å². The van der Waals surface area contributed by atoms with Gasteiger partial charge in [-0.1, -0.05) is 68.5 Å². The summed E-state index contributed by atoms with van der Waals surface area (Å²) in [5, 5.41) is 29.0. The van der Waals surface area contributed by atoms with Gasteiger partial charge in [0.05, 0.1) is 30.0 Å². The van der Waals surface area contributed by atoms with Crippen molar-refractivity contribution in [1.82, 2.24) is 4.98 Å². The van der Waals surface area contributed by atoms with Crippen LogP contribution in [0.2, 0.25) is 0 Å². The van der Waals surface area contributed by atoms with E-state index < -0.39 is 24.6 Å². The highest BCUT2D eigenvalue weighted by Crippen LogP contribution is 2.34. The minimum atomic E-state index is -1.15. The average molecular weight is 450 g/mol. The van der Waals surface area contributed by atoms with Crippen molar-refractivity contribution in [2.45, 2.75) is 44.8 Å². The molecule has 0 saturated heterocycles. The Morgan fingerprint density at radius 2 is 1.70 bits per heavy atom. The Hall–Kier alpha value is -3.35. The largest absolute Gasteiger partial charge is 0.481 e. The third kappa shape index (κ3) is 6.57. The zero-order valence-corrected chi connectivity index (χ0v) is 18.6. The molecule has 0 aliphatic heterocycles. The predicted molar refractivity (Wildman–Crippen MR) is 127 cm³/mol. The molecule has 0 unspecified atom stereocenters. The Kier molecular flexibility index (Phi) is 8.09. The number of aromatic nitrogens is 1. The lowest BCUT2D eigenvalue weighted by Gasteiger charge is -2.18. The fourth-order valence-electron chi connectivity index (χ4n) is 3.66. The molecule has 0 saturated carbocycles. The number of aliphatic hydroxyl groups is 2. The highest BCUT2D eigenvalue weighted by molar-refractivity contribution is 5.80. The number of aliphatic hydroxyl groups excluding tert-OH is 2. The van der Waals surface area contributed by atoms with Gasteiger partial charge in [0.2, 0.25) is 0 Å². The summed E-state index contributed by atoms with van der Waals surface area (Å²) in [6.45, 7) is 4.05. The summed E-state index contributed by atoms with van der Waals surface area (Å²) in [5.74, 6) is -1.40. The number of benzene rings is 2. The highest BCUT2D eigenvalue weighted by atomic mass is 19.1. The summed E-state index contributed by atoms with van der Waals surface area (Å²) in [6.07, 6.45) is 0.561. The van der Waals surface area contributed by atoms with Crippen LogP contribution in [0.15, 0.2) is 66.7 Å². The minimum absolute atomic E-state index is 0.0576. The summed E-state index contributed by atoms with van der Waals surface area (Å²) >= 11 is 0. The number of rotatable bonds is 9. The van der Waals surface area contributed by atoms with Gasteiger partial charge in [0, 0.05) is 17.5 Å². The van der Waals surface area contributed by atoms with Crippen LogP contribution in [0.25, 0.3) is 28.5 Å². The van der Waals surface area contributed by atoms with E-state index in [0.717, 1.165) is 33.6 Å². The first-order valence-corrected chi connectivity index (χ1v) is 10.9. The first kappa shape index (κ1) is 24.3. The molecule has 3 aromatic rings. The van der Waals surface area contributed by atoms with Crippen LogP contribution in [0.3, 0.4) is 0 Å². The normalized spacial score (nSPS) is 13.4. The van der Waals surface area contributed by atoms with Gasteiger partial charge in [0.25, 0.3) is 0 Å². The zero-order valence-electron chi connectivity index (χ0n) is 18.6. The number of hydrogen-bond acceptors (Lipinski definition) is 4. The third-order valence-electron chi connectivity index (χ3n) is 5.27. The van der Waals surface area contributed by atoms with Gasteiger partial charge in [-0.05, 0) is 35.2 Å². The second-order valence-corrected chi connectivity index (χ2v) is 8.30. The van der Waals surface area contributed by atoms with E-state index in [2.05, 4.69) is 0 Å². The SMILES string of the molecule is CC(C)c1nc(-c2ccccc2)cc(-c2ccc(F)cc2)c1/C=C/[C@@H](O)C[C@@H](O)CC(=O)O. The minimum Gasteiger partial charge on any atom is -0.481 e. The lowest BCUT2D eigenvalue weighted by atomic mass is 9.92. The Bertz CT molecular complexity index is 1110. The fourth-order valence-corrected chi connectivity index (χ4v) is 3.66. The molecule has 1 aromatic heterocycles. The summed E-state index contributed by atoms with van der Waals surface area (Å²) in [7, 11) is 0. The molecule has 0 fully saturated rings. The fraction of sp³-hybridized carbons (Fsp3) is 0.259. The summed E-state index contributed by atoms with van der Waals surface area (Å²) < 4.78 is 13.6. The number of halogens is 1. The summed E-state index contributed by atoms with van der Waals surface area (Å²) in [5.41, 5.74) is 4.97. The van der Waals surface area contributed by atoms with E-state index in [-0.39, 0.29) is 18.2 Å². The second kappa shape index (κ2) is 11.0. The van der Waals surface area contributed by atoms with E-state index in [0.29, 0.717) is 0 Å². The second-order valence-electron chi connectivity index (χ2n) is 8.30. The number of aliphatic carboxylic acids is 1. The molecular formula is C27H28FNO4. The molecule has 0 radical (unpaired) electrons. The van der Waals surface area contributed by atoms with E-state index >= 15 is 0 Å². The van der Waals surface area contributed by atoms with Gasteiger partial charge in [-0.25, -0.2) is 4.39 Å². The predicted octanol–water partition coefficient (Wildman–Crippen LogP) is 5.28. The quantitative estimate of drug-likeness (QED) is 0.414. The molecule has 0 bridgehead atoms. The van der Waals surface area contributed by atoms with Crippen LogP contribution in [-0.2, 0) is 4.79 Å². The molecule has 0 spiro atoms. The summed E-state index contributed by atoms with van der Waals surface area (Å²) in [4.78, 5) is 15.7. The van der Waals surface area contributed by atoms with Crippen molar-refractivity contribution in [2.75, 3.05) is 0 Å². The zero-order chi connectivity index (χ0) is 24.0. The summed E-state index contributed by atoms with van der Waals surface area (Å²) in [6, 6.07) is 17.9. The maximum atomic E-state index is 13.6. The lowest BCUT2D eigenvalue weighted by Crippen LogP contribution is -2.19. The Morgan fingerprint density at radius 3 is 2.30 bits per heavy atom. The standard InChI is InChI=1S/C27H28FNO4/c1-17(2)27-23(13-12-21(30)14-22(31)15-26(32)33)24(18-8-10-20(28)11-9-18)16-25(29-27)19-6-4-3-5-7-19/h3-13,16-17,21-22,30-31H,14-15H2,1-2H3,(H,32,33)/b13-12+/t21-,22-/m1/s1. The number of carboxylic acid groups (broad SMARTS) is 1. The van der Waals surface area contributed by atoms with Gasteiger partial charge in [-0.3, -0.25) is 9.78 Å². The van der Waals surface area contributed by atoms with Crippen molar-refractivity contribution in [3.05, 3.63) is 83.8 Å². The van der Waals surface area contributed by atoms with E-state index in [1.807, 2.05) is 50.2 Å². The molecule has 0 aliphatic rings. The smallest absolute Gasteiger partial charge is 0.305 e. The maximum absolute atomic E-state index is 13.6. The molecule has 5 nitrogen and oxygen atoms in total. The highest BCUT2D eigenvalue weighted by Gasteiger charge is 2.18. The van der Waals surface area contributed by atoms with Gasteiger partial charge in [0.15, 0.2) is 0 Å². The van der Waals surface area contributed by atoms with Crippen molar-refractivity contribution in [2.24, 2.45) is 0 Å². The lowest BCUT2D eigenvalue weighted by molar-refractivity contribution is -0.139.